The summed E-state index contributed by atoms with van der Waals surface area (Å²) in [5, 5.41) is 0. The number of halogens is 16. The average molecular weight is 2140 g/mol. The highest BCUT2D eigenvalue weighted by Gasteiger charge is 2.76. The minimum atomic E-state index is -4.41. The highest BCUT2D eigenvalue weighted by molar-refractivity contribution is 6.09. The van der Waals surface area contributed by atoms with Gasteiger partial charge in [0.1, 0.15) is 46.1 Å². The largest absolute Gasteiger partial charge is 0.460 e. The van der Waals surface area contributed by atoms with Gasteiger partial charge in [0.15, 0.2) is 46.1 Å². The zero-order valence-corrected chi connectivity index (χ0v) is 89.2. The molecule has 16 heterocycles. The fraction of sp³-hybridized carbons (Fsp3) is 0.636. The van der Waals surface area contributed by atoms with Crippen LogP contribution in [0.4, 0.5) is 70.2 Å². The van der Waals surface area contributed by atoms with E-state index in [2.05, 4.69) is 13.8 Å². The molecule has 0 atom stereocenters. The molecule has 0 saturated carbocycles. The quantitative estimate of drug-likeness (QED) is 0.0538. The fourth-order valence-electron chi connectivity index (χ4n) is 19.0. The van der Waals surface area contributed by atoms with Gasteiger partial charge in [-0.3, -0.25) is 0 Å². The lowest BCUT2D eigenvalue weighted by Crippen LogP contribution is -2.51. The lowest BCUT2D eigenvalue weighted by molar-refractivity contribution is -0.233. The molecule has 8 fully saturated rings. The Bertz CT molecular complexity index is 5200. The van der Waals surface area contributed by atoms with Crippen LogP contribution >= 0.6 is 0 Å². The summed E-state index contributed by atoms with van der Waals surface area (Å²) in [5.41, 5.74) is -9.13. The molecule has 150 heavy (non-hydrogen) atoms. The second-order valence-corrected chi connectivity index (χ2v) is 47.2. The van der Waals surface area contributed by atoms with Gasteiger partial charge in [-0.2, -0.15) is 70.2 Å². The van der Waals surface area contributed by atoms with Crippen LogP contribution in [0.25, 0.3) is 44.6 Å². The number of aryl methyl sites for hydroxylation is 8. The van der Waals surface area contributed by atoms with E-state index in [0.717, 1.165) is 0 Å². The molecule has 8 aromatic rings. The standard InChI is InChI=1S/4C26H30F4O6.C6H14/c4*1-13-15(7-17(35-13)21-31-9-23(3,4)10-32-21)19-20(26(29,30)25(19,27)28)16-8-18(36-14(16)2)22-33-11-24(5,6)12-34-22;1-3-5-6-4-2/h4*7-8,21-22H,9-12H2,1-6H3;3-6H2,1-2H3. The topological polar surface area (TPSA) is 253 Å². The van der Waals surface area contributed by atoms with E-state index in [1.165, 1.54) is 130 Å². The summed E-state index contributed by atoms with van der Waals surface area (Å²) in [5.74, 6) is -33.6. The molecule has 24 nitrogen and oxygen atoms in total. The predicted molar refractivity (Wildman–Crippen MR) is 512 cm³/mol. The van der Waals surface area contributed by atoms with Crippen LogP contribution in [0.5, 0.6) is 0 Å². The number of allylic oxidation sites excluding steroid dienone is 8. The molecule has 40 heteroatoms. The van der Waals surface area contributed by atoms with E-state index >= 15 is 0 Å². The summed E-state index contributed by atoms with van der Waals surface area (Å²) in [7, 11) is 0. The van der Waals surface area contributed by atoms with Crippen LogP contribution < -0.4 is 0 Å². The second kappa shape index (κ2) is 40.6. The molecule has 830 valence electrons. The Morgan fingerprint density at radius 2 is 0.260 bits per heavy atom. The van der Waals surface area contributed by atoms with Crippen molar-refractivity contribution < 1.29 is 181 Å². The monoisotopic (exact) mass is 2140 g/mol. The Morgan fingerprint density at radius 3 is 0.340 bits per heavy atom. The summed E-state index contributed by atoms with van der Waals surface area (Å²) in [6, 6.07) is 10.4. The highest BCUT2D eigenvalue weighted by Crippen LogP contribution is 2.70. The van der Waals surface area contributed by atoms with Gasteiger partial charge >= 0.3 is 47.4 Å². The van der Waals surface area contributed by atoms with Gasteiger partial charge in [-0.05, 0) is 104 Å². The summed E-state index contributed by atoms with van der Waals surface area (Å²) in [4.78, 5) is 0. The number of rotatable bonds is 19. The maximum absolute atomic E-state index is 14.9. The van der Waals surface area contributed by atoms with Crippen LogP contribution in [0, 0.1) is 98.7 Å². The van der Waals surface area contributed by atoms with Gasteiger partial charge in [-0.1, -0.05) is 150 Å². The SMILES string of the molecule is CCCCCC.Cc1oc(C2OCC(C)(C)CO2)cc1C1=C(c2cc(C3OCC(C)(C)CO3)oc2C)C(F)(F)C1(F)F.Cc1oc(C2OCC(C)(C)CO2)cc1C1=C(c2cc(C3OCC(C)(C)CO3)oc2C)C(F)(F)C1(F)F.Cc1oc(C2OCC(C)(C)CO2)cc1C1=C(c2cc(C3OCC(C)(C)CO3)oc2C)C(F)(F)C1(F)F.Cc1oc(C2OCC(C)(C)CO2)cc1C1=C(c2cc(C3OCC(C)(C)CO3)oc2C)C(F)(F)C1(F)F. The van der Waals surface area contributed by atoms with Crippen LogP contribution in [0.3, 0.4) is 0 Å². The van der Waals surface area contributed by atoms with Gasteiger partial charge in [0.25, 0.3) is 0 Å². The molecule has 0 spiro atoms. The molecule has 0 unspecified atom stereocenters. The minimum Gasteiger partial charge on any atom is -0.460 e. The van der Waals surface area contributed by atoms with Gasteiger partial charge in [0.05, 0.1) is 106 Å². The van der Waals surface area contributed by atoms with Gasteiger partial charge < -0.3 is 111 Å². The molecule has 0 N–H and O–H groups in total. The van der Waals surface area contributed by atoms with Crippen molar-refractivity contribution in [1.29, 1.82) is 0 Å². The number of furan rings is 8. The van der Waals surface area contributed by atoms with Crippen LogP contribution in [-0.2, 0) is 75.8 Å². The normalized spacial score (nSPS) is 25.1. The van der Waals surface area contributed by atoms with Gasteiger partial charge in [-0.15, -0.1) is 0 Å². The number of hydrogen-bond donors (Lipinski definition) is 0. The van der Waals surface area contributed by atoms with E-state index < -0.39 is 142 Å². The Labute approximate surface area is 859 Å². The Hall–Kier alpha value is -8.56. The van der Waals surface area contributed by atoms with Crippen LogP contribution in [0.2, 0.25) is 0 Å². The molecule has 8 aromatic heterocycles. The third-order valence-corrected chi connectivity index (χ3v) is 27.6. The number of hydrogen-bond acceptors (Lipinski definition) is 24. The van der Waals surface area contributed by atoms with E-state index in [0.29, 0.717) is 106 Å². The Kier molecular flexibility index (Phi) is 30.8. The zero-order valence-electron chi connectivity index (χ0n) is 89.2. The van der Waals surface area contributed by atoms with Gasteiger partial charge in [-0.25, -0.2) is 0 Å². The molecule has 20 rings (SSSR count). The van der Waals surface area contributed by atoms with Crippen LogP contribution in [0.1, 0.15) is 337 Å². The van der Waals surface area contributed by atoms with Gasteiger partial charge in [0.2, 0.25) is 50.3 Å². The highest BCUT2D eigenvalue weighted by atomic mass is 19.3. The molecule has 0 radical (unpaired) electrons. The van der Waals surface area contributed by atoms with E-state index in [4.69, 9.17) is 111 Å². The summed E-state index contributed by atoms with van der Waals surface area (Å²) in [6.07, 6.45) is -1.72. The maximum Gasteiger partial charge on any atom is 0.340 e. The smallest absolute Gasteiger partial charge is 0.340 e. The molecule has 8 saturated heterocycles. The fourth-order valence-corrected chi connectivity index (χ4v) is 19.0. The molecular formula is C110H134F16O24. The Morgan fingerprint density at radius 1 is 0.173 bits per heavy atom. The molecule has 8 aliphatic heterocycles. The maximum atomic E-state index is 14.9. The number of unbranched alkanes of at least 4 members (excludes halogenated alkanes) is 3. The van der Waals surface area contributed by atoms with E-state index in [1.807, 2.05) is 111 Å². The lowest BCUT2D eigenvalue weighted by Gasteiger charge is -2.41. The average Bonchev–Trinajstić information content (AvgIpc) is 1.37. The molecular weight excluding hydrogens is 2010 g/mol. The third-order valence-electron chi connectivity index (χ3n) is 27.6. The molecule has 0 amide bonds. The first-order valence-corrected chi connectivity index (χ1v) is 50.2. The molecule has 0 aromatic carbocycles. The van der Waals surface area contributed by atoms with Crippen LogP contribution in [0.15, 0.2) is 83.9 Å². The second-order valence-electron chi connectivity index (χ2n) is 47.2. The summed E-state index contributed by atoms with van der Waals surface area (Å²) < 4.78 is 375. The lowest BCUT2D eigenvalue weighted by atomic mass is 9.73. The summed E-state index contributed by atoms with van der Waals surface area (Å²) >= 11 is 0. The van der Waals surface area contributed by atoms with Crippen molar-refractivity contribution in [3.63, 3.8) is 0 Å². The van der Waals surface area contributed by atoms with Crippen molar-refractivity contribution in [2.24, 2.45) is 43.3 Å². The number of ether oxygens (including phenoxy) is 16. The van der Waals surface area contributed by atoms with E-state index in [9.17, 15) is 70.2 Å². The Balaban J connectivity index is 0.000000140. The first-order chi connectivity index (χ1) is 69.4. The first-order valence-electron chi connectivity index (χ1n) is 50.2. The minimum absolute atomic E-state index is 0.0623. The molecule has 12 aliphatic rings. The third kappa shape index (κ3) is 21.8. The first kappa shape index (κ1) is 114. The predicted octanol–water partition coefficient (Wildman–Crippen LogP) is 29.9. The van der Waals surface area contributed by atoms with Crippen molar-refractivity contribution in [2.75, 3.05) is 106 Å². The van der Waals surface area contributed by atoms with Crippen molar-refractivity contribution in [1.82, 2.24) is 0 Å². The van der Waals surface area contributed by atoms with E-state index in [-0.39, 0.29) is 180 Å². The van der Waals surface area contributed by atoms with Crippen LogP contribution in [-0.4, -0.2) is 153 Å². The van der Waals surface area contributed by atoms with E-state index in [1.54, 1.807) is 0 Å². The number of alkyl halides is 16. The van der Waals surface area contributed by atoms with Crippen molar-refractivity contribution >= 4 is 44.6 Å². The van der Waals surface area contributed by atoms with Crippen molar-refractivity contribution in [2.45, 2.75) is 303 Å². The molecule has 4 aliphatic carbocycles. The van der Waals surface area contributed by atoms with Crippen molar-refractivity contribution in [3.05, 3.63) is 185 Å². The van der Waals surface area contributed by atoms with Crippen molar-refractivity contribution in [3.8, 4) is 0 Å². The zero-order chi connectivity index (χ0) is 110. The summed E-state index contributed by atoms with van der Waals surface area (Å²) in [6.45, 7) is 53.3. The van der Waals surface area contributed by atoms with Gasteiger partial charge in [0, 0.05) is 132 Å². The molecule has 0 bridgehead atoms.